The van der Waals surface area contributed by atoms with Crippen molar-refractivity contribution in [3.63, 3.8) is 0 Å². The molecule has 19 rings (SSSR count). The van der Waals surface area contributed by atoms with Gasteiger partial charge in [-0.05, 0) is 167 Å². The van der Waals surface area contributed by atoms with E-state index in [1.165, 1.54) is 120 Å². The molecule has 0 amide bonds. The van der Waals surface area contributed by atoms with Gasteiger partial charge in [-0.2, -0.15) is 0 Å². The van der Waals surface area contributed by atoms with Gasteiger partial charge in [0.1, 0.15) is 0 Å². The van der Waals surface area contributed by atoms with Gasteiger partial charge in [-0.3, -0.25) is 0 Å². The first-order chi connectivity index (χ1) is 44.2. The van der Waals surface area contributed by atoms with Crippen molar-refractivity contribution >= 4 is 133 Å². The SMILES string of the molecule is c1ccc(N2c3cc(-n4c5ccccc5c5ccccc54)ccc3B3c4ccc(-n5c6ccccc6c6ccccc65)cc4N(c4ccccc4)c4cc(-c5c6ccccc6c(-c6ccc(-c7cccc8ccccc78)cc6)c6ccccc56)cc2c43)cc1. The lowest BCUT2D eigenvalue weighted by Crippen LogP contribution is -2.61. The minimum absolute atomic E-state index is 0.133. The normalized spacial score (nSPS) is 12.7. The van der Waals surface area contributed by atoms with Crippen molar-refractivity contribution < 1.29 is 0 Å². The van der Waals surface area contributed by atoms with Gasteiger partial charge < -0.3 is 18.9 Å². The van der Waals surface area contributed by atoms with Crippen LogP contribution in [0.1, 0.15) is 0 Å². The lowest BCUT2D eigenvalue weighted by atomic mass is 9.33. The summed E-state index contributed by atoms with van der Waals surface area (Å²) in [5, 5.41) is 12.3. The van der Waals surface area contributed by atoms with Crippen LogP contribution >= 0.6 is 0 Å². The Bertz CT molecular complexity index is 5360. The summed E-state index contributed by atoms with van der Waals surface area (Å²) in [5.74, 6) is 0. The lowest BCUT2D eigenvalue weighted by molar-refractivity contribution is 1.17. The molecule has 0 aliphatic carbocycles. The fourth-order valence-electron chi connectivity index (χ4n) is 15.5. The summed E-state index contributed by atoms with van der Waals surface area (Å²) in [6.45, 7) is -0.133. The Labute approximate surface area is 515 Å². The van der Waals surface area contributed by atoms with Gasteiger partial charge >= 0.3 is 0 Å². The number of rotatable bonds is 7. The number of anilines is 6. The van der Waals surface area contributed by atoms with Gasteiger partial charge in [0.15, 0.2) is 0 Å². The number of para-hydroxylation sites is 6. The van der Waals surface area contributed by atoms with Crippen LogP contribution in [0.2, 0.25) is 0 Å². The fraction of sp³-hybridized carbons (Fsp3) is 0. The average Bonchev–Trinajstić information content (AvgIpc) is 1.32. The Morgan fingerprint density at radius 2 is 0.584 bits per heavy atom. The zero-order valence-electron chi connectivity index (χ0n) is 48.5. The van der Waals surface area contributed by atoms with Crippen molar-refractivity contribution in [3.05, 3.63) is 322 Å². The summed E-state index contributed by atoms with van der Waals surface area (Å²) in [6, 6.07) is 120. The largest absolute Gasteiger partial charge is 0.311 e. The molecule has 0 spiro atoms. The van der Waals surface area contributed by atoms with Crippen LogP contribution in [0.15, 0.2) is 322 Å². The quantitative estimate of drug-likeness (QED) is 0.117. The Morgan fingerprint density at radius 3 is 1.03 bits per heavy atom. The second-order valence-corrected chi connectivity index (χ2v) is 23.9. The van der Waals surface area contributed by atoms with Crippen LogP contribution in [0.5, 0.6) is 0 Å². The third-order valence-electron chi connectivity index (χ3n) is 19.2. The van der Waals surface area contributed by atoms with Crippen LogP contribution in [0.3, 0.4) is 0 Å². The van der Waals surface area contributed by atoms with E-state index in [0.29, 0.717) is 0 Å². The predicted molar refractivity (Wildman–Crippen MR) is 378 cm³/mol. The maximum Gasteiger partial charge on any atom is 0.252 e. The lowest BCUT2D eigenvalue weighted by Gasteiger charge is -2.44. The Morgan fingerprint density at radius 1 is 0.225 bits per heavy atom. The first-order valence-electron chi connectivity index (χ1n) is 30.9. The highest BCUT2D eigenvalue weighted by Crippen LogP contribution is 2.51. The van der Waals surface area contributed by atoms with Crippen molar-refractivity contribution in [2.75, 3.05) is 9.80 Å². The van der Waals surface area contributed by atoms with Crippen molar-refractivity contribution in [1.82, 2.24) is 9.13 Å². The third-order valence-corrected chi connectivity index (χ3v) is 19.2. The summed E-state index contributed by atoms with van der Waals surface area (Å²) in [6.07, 6.45) is 0. The van der Waals surface area contributed by atoms with E-state index < -0.39 is 0 Å². The second kappa shape index (κ2) is 19.4. The van der Waals surface area contributed by atoms with Crippen molar-refractivity contribution in [2.24, 2.45) is 0 Å². The van der Waals surface area contributed by atoms with E-state index >= 15 is 0 Å². The van der Waals surface area contributed by atoms with Gasteiger partial charge in [-0.1, -0.05) is 237 Å². The van der Waals surface area contributed by atoms with E-state index in [-0.39, 0.29) is 6.71 Å². The van der Waals surface area contributed by atoms with Crippen LogP contribution in [-0.4, -0.2) is 15.8 Å². The molecule has 4 heterocycles. The third kappa shape index (κ3) is 7.37. The predicted octanol–water partition coefficient (Wildman–Crippen LogP) is 20.4. The minimum Gasteiger partial charge on any atom is -0.311 e. The average molecular weight is 1130 g/mol. The summed E-state index contributed by atoms with van der Waals surface area (Å²) in [4.78, 5) is 5.14. The molecule has 0 fully saturated rings. The van der Waals surface area contributed by atoms with Crippen molar-refractivity contribution in [1.29, 1.82) is 0 Å². The first kappa shape index (κ1) is 49.6. The minimum atomic E-state index is -0.133. The number of hydrogen-bond acceptors (Lipinski definition) is 2. The highest BCUT2D eigenvalue weighted by atomic mass is 15.2. The van der Waals surface area contributed by atoms with E-state index in [9.17, 15) is 0 Å². The smallest absolute Gasteiger partial charge is 0.252 e. The summed E-state index contributed by atoms with van der Waals surface area (Å²) in [7, 11) is 0. The first-order valence-corrected chi connectivity index (χ1v) is 30.9. The molecule has 2 aliphatic rings. The second-order valence-electron chi connectivity index (χ2n) is 23.9. The molecule has 2 aliphatic heterocycles. The molecule has 15 aromatic carbocycles. The molecule has 17 aromatic rings. The van der Waals surface area contributed by atoms with Gasteiger partial charge in [0.25, 0.3) is 6.71 Å². The zero-order valence-corrected chi connectivity index (χ0v) is 48.5. The number of benzene rings is 15. The van der Waals surface area contributed by atoms with Gasteiger partial charge in [-0.15, -0.1) is 0 Å². The van der Waals surface area contributed by atoms with E-state index in [1.807, 2.05) is 0 Å². The molecule has 4 nitrogen and oxygen atoms in total. The molecule has 5 heteroatoms. The fourth-order valence-corrected chi connectivity index (χ4v) is 15.5. The maximum atomic E-state index is 2.57. The molecule has 0 saturated carbocycles. The number of fused-ring (bicyclic) bond motifs is 13. The molecule has 89 heavy (non-hydrogen) atoms. The van der Waals surface area contributed by atoms with Crippen LogP contribution in [0.4, 0.5) is 34.1 Å². The van der Waals surface area contributed by atoms with Gasteiger partial charge in [0.05, 0.1) is 22.1 Å². The van der Waals surface area contributed by atoms with E-state index in [2.05, 4.69) is 340 Å². The summed E-state index contributed by atoms with van der Waals surface area (Å²) >= 11 is 0. The van der Waals surface area contributed by atoms with Gasteiger partial charge in [0.2, 0.25) is 0 Å². The molecule has 0 N–H and O–H groups in total. The monoisotopic (exact) mass is 1130 g/mol. The standard InChI is InChI=1S/C84H53BN4/c1-3-24-58(25-4-1)86-78-52-60(88-74-38-17-13-29-64(74)65-30-14-18-39-75(65)88)46-48-72(78)85-73-49-47-61(89-76-40-19-15-31-66(76)67-32-16-20-41-77(67)89)53-79(73)87(59-26-5-2-6-27-59)81-51-57(50-80(86)84(81)85)83-70-35-11-9-33-68(70)82(69-34-10-12-36-71(69)83)56-44-42-55(43-45-56)63-37-21-23-54-22-7-8-28-62(54)63/h1-53H. The molecule has 0 bridgehead atoms. The van der Waals surface area contributed by atoms with E-state index in [4.69, 9.17) is 0 Å². The number of aromatic nitrogens is 2. The molecular formula is C84H53BN4. The Balaban J connectivity index is 0.903. The molecule has 0 atom stereocenters. The summed E-state index contributed by atoms with van der Waals surface area (Å²) in [5.41, 5.74) is 24.8. The Kier molecular flexibility index (Phi) is 10.8. The molecule has 0 unspecified atom stereocenters. The number of hydrogen-bond donors (Lipinski definition) is 0. The Hall–Kier alpha value is -11.7. The van der Waals surface area contributed by atoms with Crippen LogP contribution in [0, 0.1) is 0 Å². The van der Waals surface area contributed by atoms with E-state index in [1.54, 1.807) is 0 Å². The zero-order chi connectivity index (χ0) is 58.3. The van der Waals surface area contributed by atoms with Gasteiger partial charge in [-0.25, -0.2) is 0 Å². The molecule has 2 aromatic heterocycles. The van der Waals surface area contributed by atoms with Gasteiger partial charge in [0, 0.05) is 67.0 Å². The van der Waals surface area contributed by atoms with Crippen LogP contribution < -0.4 is 26.2 Å². The summed E-state index contributed by atoms with van der Waals surface area (Å²) < 4.78 is 4.93. The van der Waals surface area contributed by atoms with Crippen LogP contribution in [-0.2, 0) is 0 Å². The number of nitrogens with zero attached hydrogens (tertiary/aromatic N) is 4. The highest BCUT2D eigenvalue weighted by molar-refractivity contribution is 7.00. The van der Waals surface area contributed by atoms with Crippen molar-refractivity contribution in [3.8, 4) is 44.8 Å². The topological polar surface area (TPSA) is 16.3 Å². The van der Waals surface area contributed by atoms with E-state index in [0.717, 1.165) is 51.1 Å². The maximum absolute atomic E-state index is 2.57. The molecule has 412 valence electrons. The molecular weight excluding hydrogens is 1080 g/mol. The molecule has 0 radical (unpaired) electrons. The highest BCUT2D eigenvalue weighted by Gasteiger charge is 2.44. The van der Waals surface area contributed by atoms with Crippen molar-refractivity contribution in [2.45, 2.75) is 0 Å². The van der Waals surface area contributed by atoms with Crippen LogP contribution in [0.25, 0.3) is 121 Å². The molecule has 0 saturated heterocycles.